The van der Waals surface area contributed by atoms with Gasteiger partial charge < -0.3 is 14.5 Å². The molecule has 0 radical (unpaired) electrons. The molecule has 0 spiro atoms. The van der Waals surface area contributed by atoms with Gasteiger partial charge in [-0.15, -0.1) is 0 Å². The number of H-pyrrole nitrogens is 1. The Balaban J connectivity index is 2.21. The van der Waals surface area contributed by atoms with Gasteiger partial charge in [0.1, 0.15) is 18.5 Å². The molecule has 2 rings (SSSR count). The van der Waals surface area contributed by atoms with E-state index in [-0.39, 0.29) is 6.42 Å². The highest BCUT2D eigenvalue weighted by Gasteiger charge is 2.04. The Bertz CT molecular complexity index is 501. The fourth-order valence-corrected chi connectivity index (χ4v) is 1.33. The Hall–Kier alpha value is -2.10. The number of esters is 1. The molecule has 76 valence electrons. The summed E-state index contributed by atoms with van der Waals surface area (Å²) in [5, 5.41) is 1.05. The quantitative estimate of drug-likeness (QED) is 0.357. The fourth-order valence-electron chi connectivity index (χ4n) is 1.33. The van der Waals surface area contributed by atoms with Crippen LogP contribution in [0.15, 0.2) is 30.5 Å². The van der Waals surface area contributed by atoms with Crippen LogP contribution in [0.4, 0.5) is 0 Å². The van der Waals surface area contributed by atoms with E-state index in [4.69, 9.17) is 4.74 Å². The molecular weight excluding hydrogens is 194 g/mol. The number of aldehydes is 1. The number of benzene rings is 1. The van der Waals surface area contributed by atoms with E-state index in [0.29, 0.717) is 12.0 Å². The molecule has 0 fully saturated rings. The first-order chi connectivity index (χ1) is 7.29. The summed E-state index contributed by atoms with van der Waals surface area (Å²) in [7, 11) is 0. The molecule has 4 nitrogen and oxygen atoms in total. The molecule has 0 aliphatic carbocycles. The zero-order valence-corrected chi connectivity index (χ0v) is 7.90. The first-order valence-electron chi connectivity index (χ1n) is 4.51. The van der Waals surface area contributed by atoms with Crippen LogP contribution < -0.4 is 4.74 Å². The van der Waals surface area contributed by atoms with E-state index in [2.05, 4.69) is 4.98 Å². The van der Waals surface area contributed by atoms with Gasteiger partial charge in [0.25, 0.3) is 0 Å². The lowest BCUT2D eigenvalue weighted by Crippen LogP contribution is -2.07. The number of aromatic nitrogens is 1. The van der Waals surface area contributed by atoms with Gasteiger partial charge in [-0.1, -0.05) is 0 Å². The van der Waals surface area contributed by atoms with Crippen molar-refractivity contribution in [2.24, 2.45) is 0 Å². The predicted molar refractivity (Wildman–Crippen MR) is 54.6 cm³/mol. The van der Waals surface area contributed by atoms with E-state index >= 15 is 0 Å². The Kier molecular flexibility index (Phi) is 2.49. The van der Waals surface area contributed by atoms with E-state index in [1.54, 1.807) is 12.1 Å². The van der Waals surface area contributed by atoms with Crippen LogP contribution in [0.2, 0.25) is 0 Å². The van der Waals surface area contributed by atoms with Crippen molar-refractivity contribution >= 4 is 23.2 Å². The molecule has 1 aromatic carbocycles. The van der Waals surface area contributed by atoms with Crippen LogP contribution in [0.5, 0.6) is 5.75 Å². The van der Waals surface area contributed by atoms with Crippen LogP contribution in [0.25, 0.3) is 10.9 Å². The van der Waals surface area contributed by atoms with E-state index in [1.807, 2.05) is 18.3 Å². The van der Waals surface area contributed by atoms with Gasteiger partial charge in [-0.2, -0.15) is 0 Å². The van der Waals surface area contributed by atoms with Crippen molar-refractivity contribution in [3.05, 3.63) is 30.5 Å². The van der Waals surface area contributed by atoms with Crippen molar-refractivity contribution < 1.29 is 14.3 Å². The van der Waals surface area contributed by atoms with Crippen LogP contribution in [0.3, 0.4) is 0 Å². The Morgan fingerprint density at radius 3 is 3.07 bits per heavy atom. The summed E-state index contributed by atoms with van der Waals surface area (Å²) in [6, 6.07) is 7.18. The third kappa shape index (κ3) is 2.04. The molecule has 4 heteroatoms. The Labute approximate surface area is 85.9 Å². The zero-order valence-electron chi connectivity index (χ0n) is 7.90. The highest BCUT2D eigenvalue weighted by atomic mass is 16.5. The van der Waals surface area contributed by atoms with Crippen molar-refractivity contribution in [1.82, 2.24) is 4.98 Å². The van der Waals surface area contributed by atoms with Gasteiger partial charge in [-0.05, 0) is 23.6 Å². The van der Waals surface area contributed by atoms with Crippen LogP contribution in [-0.4, -0.2) is 17.2 Å². The molecule has 0 saturated heterocycles. The van der Waals surface area contributed by atoms with Gasteiger partial charge in [-0.3, -0.25) is 4.79 Å². The van der Waals surface area contributed by atoms with Crippen LogP contribution in [0, 0.1) is 0 Å². The first kappa shape index (κ1) is 9.45. The van der Waals surface area contributed by atoms with E-state index in [0.717, 1.165) is 10.9 Å². The van der Waals surface area contributed by atoms with E-state index in [9.17, 15) is 9.59 Å². The third-order valence-corrected chi connectivity index (χ3v) is 2.01. The number of carbonyl (C=O) groups excluding carboxylic acids is 2. The normalized spacial score (nSPS) is 10.1. The largest absolute Gasteiger partial charge is 0.426 e. The van der Waals surface area contributed by atoms with Crippen LogP contribution >= 0.6 is 0 Å². The molecule has 2 aromatic rings. The van der Waals surface area contributed by atoms with Gasteiger partial charge in [0.15, 0.2) is 0 Å². The van der Waals surface area contributed by atoms with Gasteiger partial charge >= 0.3 is 5.97 Å². The molecule has 0 saturated carbocycles. The summed E-state index contributed by atoms with van der Waals surface area (Å²) in [5.74, 6) is -0.104. The van der Waals surface area contributed by atoms with E-state index in [1.165, 1.54) is 0 Å². The Morgan fingerprint density at radius 1 is 1.40 bits per heavy atom. The second-order valence-electron chi connectivity index (χ2n) is 3.07. The number of rotatable bonds is 3. The van der Waals surface area contributed by atoms with Gasteiger partial charge in [0.2, 0.25) is 0 Å². The molecule has 1 heterocycles. The fraction of sp³-hybridized carbons (Fsp3) is 0.0909. The molecule has 0 amide bonds. The lowest BCUT2D eigenvalue weighted by molar-refractivity contribution is -0.135. The van der Waals surface area contributed by atoms with E-state index < -0.39 is 5.97 Å². The molecule has 0 aliphatic heterocycles. The molecule has 0 bridgehead atoms. The smallest absolute Gasteiger partial charge is 0.318 e. The number of aromatic amines is 1. The number of hydrogen-bond acceptors (Lipinski definition) is 3. The molecule has 1 aromatic heterocycles. The summed E-state index contributed by atoms with van der Waals surface area (Å²) >= 11 is 0. The van der Waals surface area contributed by atoms with Gasteiger partial charge in [0, 0.05) is 17.8 Å². The van der Waals surface area contributed by atoms with Gasteiger partial charge in [0.05, 0.1) is 0 Å². The maximum atomic E-state index is 11.0. The monoisotopic (exact) mass is 203 g/mol. The second kappa shape index (κ2) is 3.96. The third-order valence-electron chi connectivity index (χ3n) is 2.01. The van der Waals surface area contributed by atoms with Gasteiger partial charge in [-0.25, -0.2) is 0 Å². The molecule has 0 aliphatic rings. The van der Waals surface area contributed by atoms with Crippen molar-refractivity contribution in [1.29, 1.82) is 0 Å². The minimum absolute atomic E-state index is 0.219. The molecule has 0 unspecified atom stereocenters. The average molecular weight is 203 g/mol. The number of fused-ring (bicyclic) bond motifs is 1. The zero-order chi connectivity index (χ0) is 10.7. The maximum absolute atomic E-state index is 11.0. The summed E-state index contributed by atoms with van der Waals surface area (Å²) in [4.78, 5) is 24.1. The summed E-state index contributed by atoms with van der Waals surface area (Å²) < 4.78 is 4.94. The number of nitrogens with one attached hydrogen (secondary N) is 1. The van der Waals surface area contributed by atoms with Crippen molar-refractivity contribution in [3.8, 4) is 5.75 Å². The van der Waals surface area contributed by atoms with Crippen LogP contribution in [0.1, 0.15) is 6.42 Å². The lowest BCUT2D eigenvalue weighted by atomic mass is 10.2. The second-order valence-corrected chi connectivity index (χ2v) is 3.07. The number of ether oxygens (including phenoxy) is 1. The average Bonchev–Trinajstić information content (AvgIpc) is 2.65. The maximum Gasteiger partial charge on any atom is 0.318 e. The minimum Gasteiger partial charge on any atom is -0.426 e. The predicted octanol–water partition coefficient (Wildman–Crippen LogP) is 1.66. The molecule has 1 N–H and O–H groups in total. The highest BCUT2D eigenvalue weighted by Crippen LogP contribution is 2.19. The Morgan fingerprint density at radius 2 is 2.27 bits per heavy atom. The minimum atomic E-state index is -0.545. The van der Waals surface area contributed by atoms with Crippen molar-refractivity contribution in [2.75, 3.05) is 0 Å². The molecule has 0 atom stereocenters. The summed E-state index contributed by atoms with van der Waals surface area (Å²) in [5.41, 5.74) is 0.895. The standard InChI is InChI=1S/C11H9NO3/c13-6-4-11(14)15-9-2-1-8-3-5-12-10(8)7-9/h1-3,5-7,12H,4H2. The molecular formula is C11H9NO3. The first-order valence-corrected chi connectivity index (χ1v) is 4.51. The highest BCUT2D eigenvalue weighted by molar-refractivity contribution is 5.86. The van der Waals surface area contributed by atoms with Crippen molar-refractivity contribution in [3.63, 3.8) is 0 Å². The topological polar surface area (TPSA) is 59.2 Å². The lowest BCUT2D eigenvalue weighted by Gasteiger charge is -2.01. The van der Waals surface area contributed by atoms with Crippen LogP contribution in [-0.2, 0) is 9.59 Å². The summed E-state index contributed by atoms with van der Waals surface area (Å²) in [6.07, 6.45) is 2.11. The summed E-state index contributed by atoms with van der Waals surface area (Å²) in [6.45, 7) is 0. The number of carbonyl (C=O) groups is 2. The number of hydrogen-bond donors (Lipinski definition) is 1. The van der Waals surface area contributed by atoms with Crippen molar-refractivity contribution in [2.45, 2.75) is 6.42 Å². The molecule has 15 heavy (non-hydrogen) atoms. The SMILES string of the molecule is O=CCC(=O)Oc1ccc2cc[nH]c2c1.